The molecule has 2 aromatic rings. The van der Waals surface area contributed by atoms with Gasteiger partial charge in [0.25, 0.3) is 0 Å². The molecule has 0 unspecified atom stereocenters. The molecule has 4 nitrogen and oxygen atoms in total. The van der Waals surface area contributed by atoms with E-state index in [9.17, 15) is 18.4 Å². The van der Waals surface area contributed by atoms with E-state index in [0.29, 0.717) is 6.42 Å². The molecule has 0 heterocycles. The summed E-state index contributed by atoms with van der Waals surface area (Å²) >= 11 is 0. The number of hydroxylamine groups is 2. The second-order valence-electron chi connectivity index (χ2n) is 4.87. The summed E-state index contributed by atoms with van der Waals surface area (Å²) in [5.41, 5.74) is 1.61. The Bertz CT molecular complexity index is 661. The summed E-state index contributed by atoms with van der Waals surface area (Å²) in [5.74, 6) is -0.741. The summed E-state index contributed by atoms with van der Waals surface area (Å²) in [5, 5.41) is 1.14. The Hall–Kier alpha value is -1.47. The van der Waals surface area contributed by atoms with Crippen molar-refractivity contribution in [3.63, 3.8) is 0 Å². The van der Waals surface area contributed by atoms with Gasteiger partial charge in [-0.15, -0.1) is 0 Å². The Labute approximate surface area is 183 Å². The van der Waals surface area contributed by atoms with Gasteiger partial charge in [-0.1, -0.05) is 31.7 Å². The molecule has 0 aromatic heterocycles. The van der Waals surface area contributed by atoms with Crippen LogP contribution in [0.3, 0.4) is 0 Å². The fourth-order valence-electron chi connectivity index (χ4n) is 1.71. The second kappa shape index (κ2) is 16.7. The van der Waals surface area contributed by atoms with Crippen molar-refractivity contribution in [3.05, 3.63) is 71.3 Å². The number of rotatable bonds is 5. The predicted molar refractivity (Wildman–Crippen MR) is 104 cm³/mol. The van der Waals surface area contributed by atoms with E-state index < -0.39 is 0 Å². The summed E-state index contributed by atoms with van der Waals surface area (Å²) in [7, 11) is 2.95. The van der Waals surface area contributed by atoms with Crippen LogP contribution in [-0.4, -0.2) is 48.8 Å². The van der Waals surface area contributed by atoms with Crippen LogP contribution in [0, 0.1) is 11.6 Å². The molecule has 0 aliphatic carbocycles. The number of carbonyl (C=O) groups is 2. The molecule has 0 aliphatic rings. The van der Waals surface area contributed by atoms with Gasteiger partial charge in [0.15, 0.2) is 17.4 Å². The van der Waals surface area contributed by atoms with Crippen LogP contribution in [0.1, 0.15) is 20.0 Å². The number of carbonyl (C=O) groups excluding carboxylic acids is 2. The molecule has 2 rings (SSSR count). The molecular formula is C19H27AlF2LiNO3. The molecule has 0 saturated heterocycles. The third-order valence-electron chi connectivity index (χ3n) is 3.13. The Morgan fingerprint density at radius 3 is 1.81 bits per heavy atom. The molecule has 0 aliphatic heterocycles. The maximum absolute atomic E-state index is 12.5. The van der Waals surface area contributed by atoms with Crippen molar-refractivity contribution in [3.8, 4) is 0 Å². The van der Waals surface area contributed by atoms with Crippen LogP contribution in [0.5, 0.6) is 0 Å². The standard InChI is InChI=1S/C10H12FNO2.C8H7FO.CH4.Al.Li.4H/c1-12(14-2)10(13)7-8-3-5-9(11)6-4-8;9-8-3-1-7(2-4-8)5-6-10;;;;;;;/h3-6H,7H2,1-2H3;1-4,6H,5H2;1H4;;;;;;/q;;;;+1;;;;-1. The molecule has 27 heavy (non-hydrogen) atoms. The van der Waals surface area contributed by atoms with Gasteiger partial charge in [-0.3, -0.25) is 9.63 Å². The fraction of sp³-hybridized carbons (Fsp3) is 0.263. The number of benzene rings is 2. The first kappa shape index (κ1) is 30.3. The van der Waals surface area contributed by atoms with Crippen LogP contribution in [0.4, 0.5) is 8.78 Å². The van der Waals surface area contributed by atoms with E-state index in [2.05, 4.69) is 0 Å². The Morgan fingerprint density at radius 2 is 1.44 bits per heavy atom. The summed E-state index contributed by atoms with van der Waals surface area (Å²) in [6, 6.07) is 11.7. The third kappa shape index (κ3) is 12.5. The zero-order chi connectivity index (χ0) is 17.9. The SMILES string of the molecule is C.CON(C)C(=O)Cc1ccc(F)cc1.O=CCc1ccc(F)cc1.[AlH3].[H-].[Li+]. The van der Waals surface area contributed by atoms with Crippen molar-refractivity contribution in [2.24, 2.45) is 0 Å². The summed E-state index contributed by atoms with van der Waals surface area (Å²) in [4.78, 5) is 26.0. The van der Waals surface area contributed by atoms with E-state index >= 15 is 0 Å². The summed E-state index contributed by atoms with van der Waals surface area (Å²) in [6.07, 6.45) is 1.37. The molecule has 0 saturated carbocycles. The van der Waals surface area contributed by atoms with Crippen LogP contribution in [-0.2, 0) is 27.3 Å². The van der Waals surface area contributed by atoms with Crippen molar-refractivity contribution in [1.29, 1.82) is 0 Å². The Morgan fingerprint density at radius 1 is 1.04 bits per heavy atom. The molecule has 2 aromatic carbocycles. The van der Waals surface area contributed by atoms with E-state index in [4.69, 9.17) is 4.84 Å². The Balaban J connectivity index is -0.000000187. The number of halogens is 2. The van der Waals surface area contributed by atoms with E-state index in [1.165, 1.54) is 38.4 Å². The topological polar surface area (TPSA) is 46.6 Å². The molecule has 0 radical (unpaired) electrons. The molecule has 144 valence electrons. The molecule has 0 atom stereocenters. The van der Waals surface area contributed by atoms with Gasteiger partial charge in [-0.05, 0) is 35.4 Å². The average molecular weight is 389 g/mol. The number of aldehydes is 1. The molecule has 1 amide bonds. The number of hydrogen-bond donors (Lipinski definition) is 0. The van der Waals surface area contributed by atoms with Crippen LogP contribution < -0.4 is 18.9 Å². The van der Waals surface area contributed by atoms with Gasteiger partial charge in [0.2, 0.25) is 5.91 Å². The maximum Gasteiger partial charge on any atom is 1.00 e. The van der Waals surface area contributed by atoms with E-state index in [1.807, 2.05) is 0 Å². The van der Waals surface area contributed by atoms with Crippen molar-refractivity contribution in [1.82, 2.24) is 5.06 Å². The minimum Gasteiger partial charge on any atom is -1.00 e. The van der Waals surface area contributed by atoms with Crippen LogP contribution >= 0.6 is 0 Å². The average Bonchev–Trinajstić information content (AvgIpc) is 2.59. The number of amides is 1. The van der Waals surface area contributed by atoms with Gasteiger partial charge < -0.3 is 6.22 Å². The number of likely N-dealkylation sites (N-methyl/N-ethyl adjacent to an activating group) is 1. The normalized spacial score (nSPS) is 8.59. The number of hydrogen-bond acceptors (Lipinski definition) is 3. The molecule has 8 heteroatoms. The summed E-state index contributed by atoms with van der Waals surface area (Å²) in [6.45, 7) is 0. The van der Waals surface area contributed by atoms with Crippen molar-refractivity contribution < 1.29 is 43.5 Å². The van der Waals surface area contributed by atoms with E-state index in [0.717, 1.165) is 22.5 Å². The quantitative estimate of drug-likeness (QED) is 0.395. The van der Waals surface area contributed by atoms with Gasteiger partial charge in [-0.25, -0.2) is 13.8 Å². The van der Waals surface area contributed by atoms with Crippen molar-refractivity contribution in [2.75, 3.05) is 14.2 Å². The third-order valence-corrected chi connectivity index (χ3v) is 3.13. The first-order chi connectivity index (χ1) is 11.5. The van der Waals surface area contributed by atoms with Gasteiger partial charge in [0.05, 0.1) is 13.5 Å². The molecule has 0 N–H and O–H groups in total. The smallest absolute Gasteiger partial charge is 1.00 e. The van der Waals surface area contributed by atoms with Gasteiger partial charge >= 0.3 is 18.9 Å². The van der Waals surface area contributed by atoms with Gasteiger partial charge in [-0.2, -0.15) is 0 Å². The minimum absolute atomic E-state index is 0. The van der Waals surface area contributed by atoms with Gasteiger partial charge in [0.1, 0.15) is 17.9 Å². The van der Waals surface area contributed by atoms with Crippen LogP contribution in [0.25, 0.3) is 0 Å². The largest absolute Gasteiger partial charge is 1.00 e. The van der Waals surface area contributed by atoms with Crippen molar-refractivity contribution in [2.45, 2.75) is 20.3 Å². The molecule has 0 bridgehead atoms. The molecule has 0 fully saturated rings. The molecule has 0 spiro atoms. The zero-order valence-corrected chi connectivity index (χ0v) is 14.5. The van der Waals surface area contributed by atoms with E-state index in [1.54, 1.807) is 24.3 Å². The first-order valence-electron chi connectivity index (χ1n) is 7.19. The minimum atomic E-state index is -0.304. The van der Waals surface area contributed by atoms with Crippen LogP contribution in [0.2, 0.25) is 0 Å². The maximum atomic E-state index is 12.5. The number of nitrogens with zero attached hydrogens (tertiary/aromatic N) is 1. The monoisotopic (exact) mass is 389 g/mol. The van der Waals surface area contributed by atoms with E-state index in [-0.39, 0.29) is 69.0 Å². The Kier molecular flexibility index (Phi) is 18.7. The fourth-order valence-corrected chi connectivity index (χ4v) is 1.71. The summed E-state index contributed by atoms with van der Waals surface area (Å²) < 4.78 is 24.8. The van der Waals surface area contributed by atoms with Crippen molar-refractivity contribution >= 4 is 29.6 Å². The molecular weight excluding hydrogens is 362 g/mol. The predicted octanol–water partition coefficient (Wildman–Crippen LogP) is -0.476. The second-order valence-corrected chi connectivity index (χ2v) is 4.87. The van der Waals surface area contributed by atoms with Crippen LogP contribution in [0.15, 0.2) is 48.5 Å². The first-order valence-corrected chi connectivity index (χ1v) is 7.19. The van der Waals surface area contributed by atoms with Gasteiger partial charge in [0, 0.05) is 13.5 Å². The zero-order valence-electron chi connectivity index (χ0n) is 15.5.